The number of methoxy groups -OCH3 is 1. The molecule has 0 spiro atoms. The lowest BCUT2D eigenvalue weighted by molar-refractivity contribution is -0.0855. The van der Waals surface area contributed by atoms with Crippen LogP contribution in [-0.2, 0) is 9.47 Å². The number of hydrogen-bond acceptors (Lipinski definition) is 3. The van der Waals surface area contributed by atoms with Gasteiger partial charge in [-0.1, -0.05) is 19.8 Å². The molecule has 5 nitrogen and oxygen atoms in total. The van der Waals surface area contributed by atoms with Crippen LogP contribution in [0.4, 0.5) is 0 Å². The zero-order chi connectivity index (χ0) is 16.6. The van der Waals surface area contributed by atoms with Gasteiger partial charge in [0.1, 0.15) is 0 Å². The number of hydrogen-bond donors (Lipinski definition) is 2. The van der Waals surface area contributed by atoms with E-state index in [1.807, 2.05) is 7.11 Å². The molecular formula is C18H35N3O2. The van der Waals surface area contributed by atoms with Crippen molar-refractivity contribution in [2.24, 2.45) is 10.4 Å². The van der Waals surface area contributed by atoms with Crippen molar-refractivity contribution in [3.05, 3.63) is 0 Å². The summed E-state index contributed by atoms with van der Waals surface area (Å²) in [7, 11) is 1.81. The Morgan fingerprint density at radius 2 is 1.78 bits per heavy atom. The van der Waals surface area contributed by atoms with Crippen LogP contribution < -0.4 is 10.6 Å². The highest BCUT2D eigenvalue weighted by Gasteiger charge is 2.33. The molecule has 1 heterocycles. The summed E-state index contributed by atoms with van der Waals surface area (Å²) in [4.78, 5) is 4.90. The molecule has 1 saturated carbocycles. The predicted octanol–water partition coefficient (Wildman–Crippen LogP) is 2.71. The smallest absolute Gasteiger partial charge is 0.191 e. The van der Waals surface area contributed by atoms with Gasteiger partial charge in [0.05, 0.1) is 5.60 Å². The lowest BCUT2D eigenvalue weighted by Crippen LogP contribution is -2.51. The maximum atomic E-state index is 5.80. The molecule has 0 atom stereocenters. The lowest BCUT2D eigenvalue weighted by Gasteiger charge is -2.36. The topological polar surface area (TPSA) is 54.9 Å². The van der Waals surface area contributed by atoms with E-state index in [1.54, 1.807) is 0 Å². The van der Waals surface area contributed by atoms with Gasteiger partial charge >= 0.3 is 0 Å². The second-order valence-electron chi connectivity index (χ2n) is 7.11. The second kappa shape index (κ2) is 8.88. The van der Waals surface area contributed by atoms with Crippen molar-refractivity contribution < 1.29 is 9.47 Å². The largest absolute Gasteiger partial charge is 0.381 e. The number of nitrogens with zero attached hydrogens (tertiary/aromatic N) is 1. The molecule has 1 aliphatic carbocycles. The fraction of sp³-hybridized carbons (Fsp3) is 0.944. The third-order valence-corrected chi connectivity index (χ3v) is 5.75. The summed E-state index contributed by atoms with van der Waals surface area (Å²) < 4.78 is 11.3. The number of nitrogens with one attached hydrogen (secondary N) is 2. The molecule has 1 aliphatic heterocycles. The summed E-state index contributed by atoms with van der Waals surface area (Å²) in [6, 6.07) is 0. The van der Waals surface area contributed by atoms with Crippen LogP contribution in [0.15, 0.2) is 4.99 Å². The van der Waals surface area contributed by atoms with E-state index in [4.69, 9.17) is 14.5 Å². The quantitative estimate of drug-likeness (QED) is 0.558. The van der Waals surface area contributed by atoms with Crippen molar-refractivity contribution in [2.75, 3.05) is 40.0 Å². The minimum Gasteiger partial charge on any atom is -0.381 e. The molecule has 5 heteroatoms. The monoisotopic (exact) mass is 325 g/mol. The molecule has 0 unspecified atom stereocenters. The first kappa shape index (κ1) is 18.5. The molecule has 0 aromatic rings. The minimum absolute atomic E-state index is 0.121. The molecule has 23 heavy (non-hydrogen) atoms. The molecule has 0 amide bonds. The molecule has 0 radical (unpaired) electrons. The highest BCUT2D eigenvalue weighted by molar-refractivity contribution is 5.79. The Balaban J connectivity index is 1.93. The van der Waals surface area contributed by atoms with E-state index in [2.05, 4.69) is 24.5 Å². The second-order valence-corrected chi connectivity index (χ2v) is 7.11. The van der Waals surface area contributed by atoms with Gasteiger partial charge in [0.2, 0.25) is 0 Å². The molecule has 2 rings (SSSR count). The molecule has 2 fully saturated rings. The summed E-state index contributed by atoms with van der Waals surface area (Å²) in [6.45, 7) is 8.59. The van der Waals surface area contributed by atoms with E-state index in [-0.39, 0.29) is 5.60 Å². The van der Waals surface area contributed by atoms with Crippen LogP contribution in [0.5, 0.6) is 0 Å². The summed E-state index contributed by atoms with van der Waals surface area (Å²) in [6.07, 6.45) is 8.48. The van der Waals surface area contributed by atoms with Crippen molar-refractivity contribution in [1.82, 2.24) is 10.6 Å². The molecule has 0 aromatic heterocycles. The van der Waals surface area contributed by atoms with E-state index >= 15 is 0 Å². The fourth-order valence-corrected chi connectivity index (χ4v) is 3.78. The molecule has 2 N–H and O–H groups in total. The van der Waals surface area contributed by atoms with Gasteiger partial charge in [-0.3, -0.25) is 4.99 Å². The summed E-state index contributed by atoms with van der Waals surface area (Å²) in [5.74, 6) is 0.926. The summed E-state index contributed by atoms with van der Waals surface area (Å²) >= 11 is 0. The van der Waals surface area contributed by atoms with E-state index in [1.165, 1.54) is 32.1 Å². The van der Waals surface area contributed by atoms with Gasteiger partial charge in [-0.05, 0) is 31.6 Å². The van der Waals surface area contributed by atoms with Crippen molar-refractivity contribution in [3.8, 4) is 0 Å². The van der Waals surface area contributed by atoms with Gasteiger partial charge < -0.3 is 20.1 Å². The van der Waals surface area contributed by atoms with Crippen molar-refractivity contribution in [1.29, 1.82) is 0 Å². The number of rotatable bonds is 7. The fourth-order valence-electron chi connectivity index (χ4n) is 3.78. The highest BCUT2D eigenvalue weighted by atomic mass is 16.5. The minimum atomic E-state index is -0.121. The van der Waals surface area contributed by atoms with Gasteiger partial charge in [0.15, 0.2) is 5.96 Å². The van der Waals surface area contributed by atoms with Crippen molar-refractivity contribution in [2.45, 2.75) is 64.4 Å². The Hall–Kier alpha value is -0.810. The van der Waals surface area contributed by atoms with Crippen LogP contribution >= 0.6 is 0 Å². The zero-order valence-corrected chi connectivity index (χ0v) is 15.2. The van der Waals surface area contributed by atoms with Crippen molar-refractivity contribution >= 4 is 5.96 Å². The molecular weight excluding hydrogens is 290 g/mol. The third-order valence-electron chi connectivity index (χ3n) is 5.75. The van der Waals surface area contributed by atoms with Crippen LogP contribution in [-0.4, -0.2) is 51.5 Å². The molecule has 134 valence electrons. The van der Waals surface area contributed by atoms with E-state index in [9.17, 15) is 0 Å². The lowest BCUT2D eigenvalue weighted by atomic mass is 9.84. The van der Waals surface area contributed by atoms with Gasteiger partial charge in [-0.25, -0.2) is 0 Å². The maximum absolute atomic E-state index is 5.80. The maximum Gasteiger partial charge on any atom is 0.191 e. The van der Waals surface area contributed by atoms with Crippen LogP contribution in [0, 0.1) is 5.41 Å². The average Bonchev–Trinajstić information content (AvgIpc) is 3.08. The predicted molar refractivity (Wildman–Crippen MR) is 95.0 cm³/mol. The molecule has 0 bridgehead atoms. The van der Waals surface area contributed by atoms with Crippen LogP contribution in [0.3, 0.4) is 0 Å². The average molecular weight is 325 g/mol. The standard InChI is InChI=1S/C18H35N3O2/c1-4-17(8-6-7-9-17)14-20-16(19-5-2)21-15-18(22-3)10-12-23-13-11-18/h4-15H2,1-3H3,(H2,19,20,21). The Morgan fingerprint density at radius 3 is 2.35 bits per heavy atom. The van der Waals surface area contributed by atoms with Gasteiger partial charge in [0, 0.05) is 52.8 Å². The Morgan fingerprint density at radius 1 is 1.09 bits per heavy atom. The van der Waals surface area contributed by atoms with Gasteiger partial charge in [0.25, 0.3) is 0 Å². The number of ether oxygens (including phenoxy) is 2. The highest BCUT2D eigenvalue weighted by Crippen LogP contribution is 2.41. The normalized spacial score (nSPS) is 23.7. The van der Waals surface area contributed by atoms with E-state index < -0.39 is 0 Å². The molecule has 0 aromatic carbocycles. The SMILES string of the molecule is CCNC(=NCC1(CC)CCCC1)NCC1(OC)CCOCC1. The van der Waals surface area contributed by atoms with Gasteiger partial charge in [-0.15, -0.1) is 0 Å². The summed E-state index contributed by atoms with van der Waals surface area (Å²) in [5.41, 5.74) is 0.310. The summed E-state index contributed by atoms with van der Waals surface area (Å²) in [5, 5.41) is 6.89. The third kappa shape index (κ3) is 5.08. The number of guanidine groups is 1. The first-order valence-electron chi connectivity index (χ1n) is 9.33. The van der Waals surface area contributed by atoms with Crippen LogP contribution in [0.2, 0.25) is 0 Å². The first-order chi connectivity index (χ1) is 11.2. The zero-order valence-electron chi connectivity index (χ0n) is 15.2. The first-order valence-corrected chi connectivity index (χ1v) is 9.33. The van der Waals surface area contributed by atoms with E-state index in [0.29, 0.717) is 5.41 Å². The Kier molecular flexibility index (Phi) is 7.15. The molecule has 2 aliphatic rings. The molecule has 1 saturated heterocycles. The Labute approximate surface area is 141 Å². The van der Waals surface area contributed by atoms with Gasteiger partial charge in [-0.2, -0.15) is 0 Å². The van der Waals surface area contributed by atoms with Crippen LogP contribution in [0.1, 0.15) is 58.8 Å². The van der Waals surface area contributed by atoms with Crippen LogP contribution in [0.25, 0.3) is 0 Å². The van der Waals surface area contributed by atoms with E-state index in [0.717, 1.165) is 51.6 Å². The van der Waals surface area contributed by atoms with Crippen molar-refractivity contribution in [3.63, 3.8) is 0 Å². The number of aliphatic imine (C=N–C) groups is 1. The Bertz CT molecular complexity index is 372.